The molecule has 1 saturated heterocycles. The molecule has 0 spiro atoms. The van der Waals surface area contributed by atoms with Gasteiger partial charge in [0.05, 0.1) is 21.7 Å². The van der Waals surface area contributed by atoms with E-state index in [9.17, 15) is 21.2 Å². The van der Waals surface area contributed by atoms with Crippen molar-refractivity contribution in [2.75, 3.05) is 18.1 Å². The first-order valence-electron chi connectivity index (χ1n) is 6.72. The predicted octanol–water partition coefficient (Wildman–Crippen LogP) is 0.849. The normalized spacial score (nSPS) is 24.3. The molecule has 0 aromatic heterocycles. The summed E-state index contributed by atoms with van der Waals surface area (Å²) in [5, 5.41) is 1.81. The first-order chi connectivity index (χ1) is 10.2. The van der Waals surface area contributed by atoms with Crippen molar-refractivity contribution in [3.05, 3.63) is 42.2 Å². The van der Waals surface area contributed by atoms with Crippen LogP contribution in [-0.4, -0.2) is 46.2 Å². The third-order valence-electron chi connectivity index (χ3n) is 3.68. The molecule has 0 aliphatic carbocycles. The number of hydrogen-bond donors (Lipinski definition) is 1. The van der Waals surface area contributed by atoms with Crippen LogP contribution in [0.25, 0.3) is 0 Å². The molecular weight excluding hydrogens is 329 g/mol. The molecule has 1 fully saturated rings. The second-order valence-electron chi connectivity index (χ2n) is 5.37. The Labute approximate surface area is 130 Å². The number of rotatable bonds is 5. The summed E-state index contributed by atoms with van der Waals surface area (Å²) in [6.07, 6.45) is 1.54. The molecular formula is C14H18FNO4S2. The molecule has 2 unspecified atom stereocenters. The molecule has 1 N–H and O–H groups in total. The Morgan fingerprint density at radius 1 is 1.41 bits per heavy atom. The molecule has 1 aromatic carbocycles. The van der Waals surface area contributed by atoms with Gasteiger partial charge >= 0.3 is 0 Å². The molecule has 2 rings (SSSR count). The Bertz CT molecular complexity index is 787. The van der Waals surface area contributed by atoms with Gasteiger partial charge in [0.15, 0.2) is 19.7 Å². The van der Waals surface area contributed by atoms with Crippen molar-refractivity contribution in [3.8, 4) is 0 Å². The van der Waals surface area contributed by atoms with E-state index in [0.717, 1.165) is 6.07 Å². The molecule has 0 saturated carbocycles. The summed E-state index contributed by atoms with van der Waals surface area (Å²) in [5.41, 5.74) is 0.206. The minimum Gasteiger partial charge on any atom is -0.308 e. The van der Waals surface area contributed by atoms with E-state index in [-0.39, 0.29) is 16.2 Å². The average molecular weight is 347 g/mol. The van der Waals surface area contributed by atoms with Gasteiger partial charge in [-0.05, 0) is 30.7 Å². The molecule has 0 amide bonds. The molecule has 1 aromatic rings. The quantitative estimate of drug-likeness (QED) is 0.631. The Balaban J connectivity index is 2.41. The molecule has 22 heavy (non-hydrogen) atoms. The monoisotopic (exact) mass is 347 g/mol. The fourth-order valence-electron chi connectivity index (χ4n) is 2.52. The van der Waals surface area contributed by atoms with Crippen molar-refractivity contribution >= 4 is 19.7 Å². The summed E-state index contributed by atoms with van der Waals surface area (Å²) >= 11 is 0. The Morgan fingerprint density at radius 3 is 2.68 bits per heavy atom. The molecule has 1 aliphatic rings. The van der Waals surface area contributed by atoms with Gasteiger partial charge in [-0.2, -0.15) is 0 Å². The van der Waals surface area contributed by atoms with Gasteiger partial charge in [0.25, 0.3) is 0 Å². The van der Waals surface area contributed by atoms with Crippen molar-refractivity contribution in [1.29, 1.82) is 0 Å². The van der Waals surface area contributed by atoms with Crippen LogP contribution in [0.5, 0.6) is 0 Å². The SMILES string of the molecule is C=CCNC1CS(=O)(=O)CC1S(=O)(=O)c1ccc(F)c(C)c1. The number of benzene rings is 1. The topological polar surface area (TPSA) is 80.3 Å². The highest BCUT2D eigenvalue weighted by Crippen LogP contribution is 2.27. The summed E-state index contributed by atoms with van der Waals surface area (Å²) in [5.74, 6) is -1.16. The fourth-order valence-corrected chi connectivity index (χ4v) is 7.32. The Kier molecular flexibility index (Phi) is 4.74. The standard InChI is InChI=1S/C14H18FNO4S2/c1-3-6-16-13-8-21(17,18)9-14(13)22(19,20)11-4-5-12(15)10(2)7-11/h3-5,7,13-14,16H,1,6,8-9H2,2H3. The summed E-state index contributed by atoms with van der Waals surface area (Å²) in [4.78, 5) is -0.0566. The van der Waals surface area contributed by atoms with E-state index >= 15 is 0 Å². The van der Waals surface area contributed by atoms with E-state index in [1.54, 1.807) is 0 Å². The summed E-state index contributed by atoms with van der Waals surface area (Å²) in [7, 11) is -7.31. The van der Waals surface area contributed by atoms with Gasteiger partial charge in [0.1, 0.15) is 5.82 Å². The maximum Gasteiger partial charge on any atom is 0.183 e. The molecule has 122 valence electrons. The van der Waals surface area contributed by atoms with Crippen molar-refractivity contribution in [1.82, 2.24) is 5.32 Å². The molecule has 5 nitrogen and oxygen atoms in total. The fraction of sp³-hybridized carbons (Fsp3) is 0.429. The zero-order valence-corrected chi connectivity index (χ0v) is 13.8. The highest BCUT2D eigenvalue weighted by molar-refractivity contribution is 7.96. The largest absolute Gasteiger partial charge is 0.308 e. The second kappa shape index (κ2) is 6.10. The van der Waals surface area contributed by atoms with Crippen molar-refractivity contribution in [2.45, 2.75) is 23.1 Å². The van der Waals surface area contributed by atoms with E-state index in [4.69, 9.17) is 0 Å². The van der Waals surface area contributed by atoms with Crippen LogP contribution in [0.1, 0.15) is 5.56 Å². The maximum absolute atomic E-state index is 13.3. The van der Waals surface area contributed by atoms with Crippen LogP contribution < -0.4 is 5.32 Å². The highest BCUT2D eigenvalue weighted by Gasteiger charge is 2.45. The zero-order valence-electron chi connectivity index (χ0n) is 12.1. The van der Waals surface area contributed by atoms with Gasteiger partial charge in [-0.25, -0.2) is 21.2 Å². The minimum atomic E-state index is -3.87. The number of sulfone groups is 2. The van der Waals surface area contributed by atoms with E-state index in [2.05, 4.69) is 11.9 Å². The number of nitrogens with one attached hydrogen (secondary N) is 1. The summed E-state index contributed by atoms with van der Waals surface area (Å²) in [6, 6.07) is 2.80. The summed E-state index contributed by atoms with van der Waals surface area (Å²) < 4.78 is 62.4. The minimum absolute atomic E-state index is 0.0566. The molecule has 1 heterocycles. The Morgan fingerprint density at radius 2 is 2.09 bits per heavy atom. The Hall–Kier alpha value is -1.25. The van der Waals surface area contributed by atoms with Gasteiger partial charge in [-0.15, -0.1) is 6.58 Å². The van der Waals surface area contributed by atoms with Crippen molar-refractivity contribution in [3.63, 3.8) is 0 Å². The van der Waals surface area contributed by atoms with Crippen LogP contribution in [0.2, 0.25) is 0 Å². The van der Waals surface area contributed by atoms with E-state index in [1.165, 1.54) is 25.1 Å². The molecule has 2 atom stereocenters. The lowest BCUT2D eigenvalue weighted by atomic mass is 10.2. The lowest BCUT2D eigenvalue weighted by Crippen LogP contribution is -2.43. The van der Waals surface area contributed by atoms with Gasteiger partial charge in [0, 0.05) is 12.6 Å². The van der Waals surface area contributed by atoms with E-state index < -0.39 is 42.5 Å². The third-order valence-corrected chi connectivity index (χ3v) is 7.83. The number of aryl methyl sites for hydroxylation is 1. The van der Waals surface area contributed by atoms with E-state index in [0.29, 0.717) is 6.54 Å². The zero-order chi connectivity index (χ0) is 16.5. The van der Waals surface area contributed by atoms with Crippen LogP contribution in [0.15, 0.2) is 35.7 Å². The van der Waals surface area contributed by atoms with Crippen LogP contribution in [0, 0.1) is 12.7 Å². The van der Waals surface area contributed by atoms with Crippen molar-refractivity contribution in [2.24, 2.45) is 0 Å². The van der Waals surface area contributed by atoms with Gasteiger partial charge in [0.2, 0.25) is 0 Å². The molecule has 0 bridgehead atoms. The first-order valence-corrected chi connectivity index (χ1v) is 10.1. The molecule has 1 aliphatic heterocycles. The van der Waals surface area contributed by atoms with Gasteiger partial charge in [-0.3, -0.25) is 0 Å². The first kappa shape index (κ1) is 17.1. The smallest absolute Gasteiger partial charge is 0.183 e. The van der Waals surface area contributed by atoms with Gasteiger partial charge < -0.3 is 5.32 Å². The molecule has 8 heteroatoms. The highest BCUT2D eigenvalue weighted by atomic mass is 32.2. The summed E-state index contributed by atoms with van der Waals surface area (Å²) in [6.45, 7) is 5.30. The van der Waals surface area contributed by atoms with Crippen LogP contribution in [-0.2, 0) is 19.7 Å². The number of hydrogen-bond acceptors (Lipinski definition) is 5. The van der Waals surface area contributed by atoms with Crippen LogP contribution in [0.4, 0.5) is 4.39 Å². The van der Waals surface area contributed by atoms with Crippen LogP contribution in [0.3, 0.4) is 0 Å². The van der Waals surface area contributed by atoms with E-state index in [1.807, 2.05) is 0 Å². The lowest BCUT2D eigenvalue weighted by Gasteiger charge is -2.19. The lowest BCUT2D eigenvalue weighted by molar-refractivity contribution is 0.543. The average Bonchev–Trinajstić information content (AvgIpc) is 2.75. The number of halogens is 1. The van der Waals surface area contributed by atoms with Gasteiger partial charge in [-0.1, -0.05) is 6.08 Å². The maximum atomic E-state index is 13.3. The van der Waals surface area contributed by atoms with Crippen molar-refractivity contribution < 1.29 is 21.2 Å². The predicted molar refractivity (Wildman–Crippen MR) is 82.8 cm³/mol. The third kappa shape index (κ3) is 3.39. The second-order valence-corrected chi connectivity index (χ2v) is 9.70. The molecule has 0 radical (unpaired) electrons. The van der Waals surface area contributed by atoms with Crippen LogP contribution >= 0.6 is 0 Å².